The third-order valence-corrected chi connectivity index (χ3v) is 21.1. The van der Waals surface area contributed by atoms with Gasteiger partial charge in [0.15, 0.2) is 0 Å². The van der Waals surface area contributed by atoms with Crippen LogP contribution in [-0.2, 0) is 0 Å². The maximum absolute atomic E-state index is 11.6. The van der Waals surface area contributed by atoms with Gasteiger partial charge < -0.3 is 88.5 Å². The van der Waals surface area contributed by atoms with E-state index in [1.165, 1.54) is 21.1 Å². The fourth-order valence-electron chi connectivity index (χ4n) is 15.2. The van der Waals surface area contributed by atoms with E-state index in [1.807, 2.05) is 0 Å². The first-order valence-electron chi connectivity index (χ1n) is 75.5. The summed E-state index contributed by atoms with van der Waals surface area (Å²) in [5, 5.41) is 68.9. The van der Waals surface area contributed by atoms with Crippen molar-refractivity contribution in [3.8, 4) is 34.5 Å². The number of rotatable bonds is 30. The maximum atomic E-state index is 11.6. The van der Waals surface area contributed by atoms with Crippen LogP contribution in [0.15, 0.2) is 145 Å². The summed E-state index contributed by atoms with van der Waals surface area (Å²) >= 11 is 0. The number of hydrogen-bond donors (Lipinski definition) is 6. The minimum absolute atomic E-state index is 0.0143. The van der Waals surface area contributed by atoms with E-state index in [2.05, 4.69) is 23.7 Å². The summed E-state index contributed by atoms with van der Waals surface area (Å²) in [6.45, 7) is -30.9. The van der Waals surface area contributed by atoms with Gasteiger partial charge in [-0.1, -0.05) is 188 Å². The van der Waals surface area contributed by atoms with E-state index in [-0.39, 0.29) is 99.0 Å². The quantitative estimate of drug-likeness (QED) is 0.0249. The molecule has 0 radical (unpaired) electrons. The van der Waals surface area contributed by atoms with E-state index in [0.717, 1.165) is 36.1 Å². The molecule has 18 heteroatoms. The Labute approximate surface area is 827 Å². The lowest BCUT2D eigenvalue weighted by molar-refractivity contribution is -0.0280. The summed E-state index contributed by atoms with van der Waals surface area (Å²) in [7, 11) is -10.2. The number of methoxy groups -OCH3 is 6. The standard InChI is InChI=1S/6C17H27NO2/c6*1-18(2)13-16(17(19)11-5-4-6-12-17)14-7-9-15(20-3)10-8-14/h6*7-10,16,19H,4-6,11-13H2,1-3H3/i1D3,2D3,3D3,7D,8D,9D,10D,13D2,16D;1D3,3D3,7D,8D,9D,10D,13D2,16D;1D3,2D3,3D3,7D,8D,9D,10D,16D;3D3,7D,8D,9D,10D,13D2,16D;1D3,3D3,7D,8D,9D,10D,16D;3D3,7D,8D,9D,10D,16D. The van der Waals surface area contributed by atoms with Gasteiger partial charge in [-0.05, 0) is 267 Å². The minimum Gasteiger partial charge on any atom is -0.497 e. The molecule has 6 aromatic rings. The average Bonchev–Trinajstić information content (AvgIpc) is 0.685. The molecule has 6 unspecified atom stereocenters. The zero-order valence-corrected chi connectivity index (χ0v) is 68.7. The van der Waals surface area contributed by atoms with E-state index in [9.17, 15) is 37.5 Å². The van der Waals surface area contributed by atoms with Gasteiger partial charge in [0.2, 0.25) is 0 Å². The van der Waals surface area contributed by atoms with E-state index < -0.39 is 398 Å². The molecule has 0 spiro atoms. The molecule has 6 aromatic carbocycles. The number of nitrogens with zero attached hydrogens (tertiary/aromatic N) is 6. The summed E-state index contributed by atoms with van der Waals surface area (Å²) in [6.07, 6.45) is 9.81. The van der Waals surface area contributed by atoms with E-state index in [0.29, 0.717) is 96.3 Å². The van der Waals surface area contributed by atoms with Gasteiger partial charge in [0.25, 0.3) is 0 Å². The topological polar surface area (TPSA) is 196 Å². The van der Waals surface area contributed by atoms with Crippen LogP contribution in [0, 0.1) is 0 Å². The zero-order valence-electron chi connectivity index (χ0n) is 141. The molecule has 0 saturated heterocycles. The number of likely N-dealkylation sites (N-methyl/N-ethyl adjacent to an activating group) is 6. The molecule has 6 aliphatic carbocycles. The molecule has 6 saturated carbocycles. The lowest BCUT2D eigenvalue weighted by Gasteiger charge is -2.40. The third kappa shape index (κ3) is 31.1. The molecular formula is C102H162N6O12. The van der Waals surface area contributed by atoms with Crippen molar-refractivity contribution in [2.45, 2.75) is 262 Å². The second kappa shape index (κ2) is 50.0. The summed E-state index contributed by atoms with van der Waals surface area (Å²) in [5.41, 5.74) is -16.2. The highest BCUT2D eigenvalue weighted by atomic mass is 16.5. The first kappa shape index (κ1) is 39.3. The Kier molecular flexibility index (Phi) is 16.3. The van der Waals surface area contributed by atoms with E-state index in [1.54, 1.807) is 19.0 Å². The molecule has 672 valence electrons. The molecule has 18 nitrogen and oxygen atoms in total. The summed E-state index contributed by atoms with van der Waals surface area (Å²) in [5.74, 6) is -20.8. The van der Waals surface area contributed by atoms with Crippen molar-refractivity contribution in [3.05, 3.63) is 178 Å². The van der Waals surface area contributed by atoms with E-state index in [4.69, 9.17) is 96.6 Å². The fourth-order valence-corrected chi connectivity index (χ4v) is 15.2. The highest BCUT2D eigenvalue weighted by Crippen LogP contribution is 2.47. The first-order valence-corrected chi connectivity index (χ1v) is 39.5. The Morgan fingerprint density at radius 3 is 0.617 bits per heavy atom. The van der Waals surface area contributed by atoms with Crippen LogP contribution < -0.4 is 28.4 Å². The van der Waals surface area contributed by atoms with Crippen LogP contribution >= 0.6 is 0 Å². The highest BCUT2D eigenvalue weighted by molar-refractivity contribution is 5.37. The van der Waals surface area contributed by atoms with Gasteiger partial charge in [-0.2, -0.15) is 0 Å². The molecule has 6 fully saturated rings. The Morgan fingerprint density at radius 2 is 0.425 bits per heavy atom. The predicted molar refractivity (Wildman–Crippen MR) is 494 cm³/mol. The van der Waals surface area contributed by atoms with Crippen LogP contribution in [0.4, 0.5) is 0 Å². The third-order valence-electron chi connectivity index (χ3n) is 21.1. The van der Waals surface area contributed by atoms with Crippen molar-refractivity contribution in [1.82, 2.24) is 29.4 Å². The molecule has 6 N–H and O–H groups in total. The van der Waals surface area contributed by atoms with Crippen LogP contribution in [0.2, 0.25) is 0 Å². The molecule has 0 amide bonds. The Bertz CT molecular complexity index is 7100. The number of hydrogen-bond acceptors (Lipinski definition) is 18. The second-order valence-corrected chi connectivity index (χ2v) is 30.8. The molecule has 0 heterocycles. The van der Waals surface area contributed by atoms with Gasteiger partial charge in [-0.25, -0.2) is 0 Å². The lowest BCUT2D eigenvalue weighted by atomic mass is 9.72. The number of ether oxygens (including phenoxy) is 6. The van der Waals surface area contributed by atoms with Crippen molar-refractivity contribution in [3.63, 3.8) is 0 Å². The van der Waals surface area contributed by atoms with Crippen molar-refractivity contribution in [1.29, 1.82) is 0 Å². The number of benzene rings is 6. The van der Waals surface area contributed by atoms with Crippen LogP contribution in [0.3, 0.4) is 0 Å². The first-order chi connectivity index (χ1) is 86.0. The Balaban J connectivity index is 0.000000307. The zero-order chi connectivity index (χ0) is 149. The summed E-state index contributed by atoms with van der Waals surface area (Å²) in [4.78, 5) is 3.30. The van der Waals surface area contributed by atoms with Crippen molar-refractivity contribution in [2.24, 2.45) is 0 Å². The number of aliphatic hydroxyl groups is 6. The van der Waals surface area contributed by atoms with E-state index >= 15 is 0 Å². The minimum atomic E-state index is -3.83. The van der Waals surface area contributed by atoms with Gasteiger partial charge >= 0.3 is 0 Å². The lowest BCUT2D eigenvalue weighted by Crippen LogP contribution is -2.42. The molecule has 0 aromatic heterocycles. The highest BCUT2D eigenvalue weighted by Gasteiger charge is 2.45. The average molecular weight is 1740 g/mol. The monoisotopic (exact) mass is 1740 g/mol. The SMILES string of the molecule is [2H]c1c([2H])c(C([2H])(C2(O)CCCCC2)C([2H])([2H])N(C([2H])([2H])[2H])C([2H])([2H])[2H])c([2H])c([2H])c1OC([2H])([2H])[2H].[2H]c1c([2H])c(C([2H])(C2(O)CCCCC2)C([2H])([2H])N(C)C([2H])([2H])[2H])c([2H])c([2H])c1OC([2H])([2H])[2H].[2H]c1c([2H])c(C([2H])(C2(O)CCCCC2)C([2H])([2H])N(C)C)c([2H])c([2H])c1OC([2H])([2H])[2H].[2H]c1c([2H])c(C([2H])(CN(C([2H])([2H])[2H])C([2H])([2H])[2H])C2(O)CCCCC2)c([2H])c([2H])c1OC([2H])([2H])[2H].[2H]c1c([2H])c(C([2H])(CN(C)C([2H])([2H])[2H])C2(O)CCCCC2)c([2H])c([2H])c1OC([2H])([2H])[2H].[2H]c1c([2H])c(C([2H])(CN(C)C)C2(O)CCCCC2)c([2H])c([2H])c1OC([2H])([2H])[2H]. The van der Waals surface area contributed by atoms with Crippen LogP contribution in [0.1, 0.15) is 360 Å². The molecule has 0 aliphatic heterocycles. The Hall–Kier alpha value is -6.36. The predicted octanol–water partition coefficient (Wildman–Crippen LogP) is 18.2. The van der Waals surface area contributed by atoms with Gasteiger partial charge in [-0.3, -0.25) is 0 Å². The van der Waals surface area contributed by atoms with Crippen LogP contribution in [0.5, 0.6) is 34.5 Å². The summed E-state index contributed by atoms with van der Waals surface area (Å²) in [6, 6.07) is -21.1. The summed E-state index contributed by atoms with van der Waals surface area (Å²) < 4.78 is 601. The normalized spacial score (nSPS) is 31.8. The van der Waals surface area contributed by atoms with Crippen LogP contribution in [-0.4, -0.2) is 259 Å². The van der Waals surface area contributed by atoms with Gasteiger partial charge in [0.1, 0.15) is 34.5 Å². The van der Waals surface area contributed by atoms with Gasteiger partial charge in [-0.15, -0.1) is 0 Å². The smallest absolute Gasteiger partial charge is 0.118 e. The largest absolute Gasteiger partial charge is 0.497 e. The molecule has 6 aliphatic rings. The van der Waals surface area contributed by atoms with Crippen molar-refractivity contribution >= 4 is 0 Å². The second-order valence-electron chi connectivity index (χ2n) is 30.8. The molecule has 12 rings (SSSR count). The molecule has 120 heavy (non-hydrogen) atoms. The Morgan fingerprint density at radius 1 is 0.250 bits per heavy atom. The molecule has 6 atom stereocenters. The molecular weight excluding hydrogens is 1500 g/mol. The fraction of sp³-hybridized carbons (Fsp3) is 0.647. The van der Waals surface area contributed by atoms with Crippen molar-refractivity contribution < 1.29 is 158 Å². The van der Waals surface area contributed by atoms with Crippen molar-refractivity contribution in [2.75, 3.05) is 165 Å². The van der Waals surface area contributed by atoms with Gasteiger partial charge in [0.05, 0.1) is 133 Å². The maximum Gasteiger partial charge on any atom is 0.118 e. The van der Waals surface area contributed by atoms with Crippen LogP contribution in [0.25, 0.3) is 0 Å². The molecule has 0 bridgehead atoms. The van der Waals surface area contributed by atoms with Gasteiger partial charge in [0, 0.05) is 116 Å².